The molecule has 0 saturated carbocycles. The zero-order chi connectivity index (χ0) is 13.8. The Labute approximate surface area is 120 Å². The van der Waals surface area contributed by atoms with Crippen molar-refractivity contribution in [3.63, 3.8) is 0 Å². The van der Waals surface area contributed by atoms with Crippen molar-refractivity contribution in [1.82, 2.24) is 0 Å². The van der Waals surface area contributed by atoms with Crippen LogP contribution in [0, 0.1) is 0 Å². The van der Waals surface area contributed by atoms with Crippen LogP contribution in [0.25, 0.3) is 5.57 Å². The summed E-state index contributed by atoms with van der Waals surface area (Å²) in [7, 11) is 0. The average Bonchev–Trinajstić information content (AvgIpc) is 2.56. The first-order valence-electron chi connectivity index (χ1n) is 7.02. The molecule has 2 nitrogen and oxygen atoms in total. The van der Waals surface area contributed by atoms with E-state index < -0.39 is 0 Å². The molecular weight excluding hydrogens is 246 g/mol. The maximum Gasteiger partial charge on any atom is 0.0642 e. The summed E-state index contributed by atoms with van der Waals surface area (Å²) in [5, 5.41) is 0. The molecular formula is C18H19NO. The molecule has 2 aromatic rings. The fourth-order valence-corrected chi connectivity index (χ4v) is 2.60. The molecule has 1 aliphatic heterocycles. The van der Waals surface area contributed by atoms with E-state index in [0.29, 0.717) is 0 Å². The van der Waals surface area contributed by atoms with Crippen LogP contribution in [0.5, 0.6) is 0 Å². The van der Waals surface area contributed by atoms with Crippen molar-refractivity contribution >= 4 is 11.3 Å². The Kier molecular flexibility index (Phi) is 3.84. The molecule has 1 saturated heterocycles. The molecule has 0 aromatic heterocycles. The zero-order valence-corrected chi connectivity index (χ0v) is 11.6. The van der Waals surface area contributed by atoms with Gasteiger partial charge < -0.3 is 9.64 Å². The van der Waals surface area contributed by atoms with E-state index in [0.717, 1.165) is 31.9 Å². The minimum atomic E-state index is 0.798. The van der Waals surface area contributed by atoms with Crippen LogP contribution in [0.3, 0.4) is 0 Å². The topological polar surface area (TPSA) is 12.5 Å². The Bertz CT molecular complexity index is 585. The first-order valence-corrected chi connectivity index (χ1v) is 7.02. The van der Waals surface area contributed by atoms with Crippen molar-refractivity contribution in [2.24, 2.45) is 0 Å². The summed E-state index contributed by atoms with van der Waals surface area (Å²) in [5.74, 6) is 0. The van der Waals surface area contributed by atoms with Gasteiger partial charge in [-0.2, -0.15) is 0 Å². The molecule has 0 radical (unpaired) electrons. The Hall–Kier alpha value is -2.06. The van der Waals surface area contributed by atoms with Crippen LogP contribution in [0.4, 0.5) is 5.69 Å². The van der Waals surface area contributed by atoms with Crippen LogP contribution >= 0.6 is 0 Å². The van der Waals surface area contributed by atoms with Crippen molar-refractivity contribution in [1.29, 1.82) is 0 Å². The molecule has 0 spiro atoms. The summed E-state index contributed by atoms with van der Waals surface area (Å²) in [6.45, 7) is 7.78. The Morgan fingerprint density at radius 2 is 1.55 bits per heavy atom. The molecule has 20 heavy (non-hydrogen) atoms. The van der Waals surface area contributed by atoms with Gasteiger partial charge in [-0.25, -0.2) is 0 Å². The Balaban J connectivity index is 1.95. The second kappa shape index (κ2) is 5.93. The van der Waals surface area contributed by atoms with Crippen molar-refractivity contribution in [3.8, 4) is 0 Å². The third-order valence-electron chi connectivity index (χ3n) is 3.70. The second-order valence-electron chi connectivity index (χ2n) is 4.96. The highest BCUT2D eigenvalue weighted by molar-refractivity contribution is 5.85. The lowest BCUT2D eigenvalue weighted by atomic mass is 9.97. The zero-order valence-electron chi connectivity index (χ0n) is 11.6. The molecule has 102 valence electrons. The molecule has 0 amide bonds. The fourth-order valence-electron chi connectivity index (χ4n) is 2.60. The molecule has 1 aliphatic rings. The van der Waals surface area contributed by atoms with E-state index in [2.05, 4.69) is 60.0 Å². The standard InChI is InChI=1S/C18H19NO/c1-15(16-7-3-2-4-8-16)17-9-5-6-10-18(17)19-11-13-20-14-12-19/h2-10H,1,11-14H2. The van der Waals surface area contributed by atoms with E-state index in [1.165, 1.54) is 16.8 Å². The van der Waals surface area contributed by atoms with E-state index in [-0.39, 0.29) is 0 Å². The maximum absolute atomic E-state index is 5.44. The highest BCUT2D eigenvalue weighted by Gasteiger charge is 2.16. The third kappa shape index (κ3) is 2.61. The van der Waals surface area contributed by atoms with Crippen LogP contribution in [0.15, 0.2) is 61.2 Å². The Morgan fingerprint density at radius 3 is 2.30 bits per heavy atom. The number of rotatable bonds is 3. The lowest BCUT2D eigenvalue weighted by Gasteiger charge is -2.31. The highest BCUT2D eigenvalue weighted by Crippen LogP contribution is 2.30. The second-order valence-corrected chi connectivity index (χ2v) is 4.96. The molecule has 0 bridgehead atoms. The van der Waals surface area contributed by atoms with Crippen LogP contribution in [-0.2, 0) is 4.74 Å². The number of anilines is 1. The SMILES string of the molecule is C=C(c1ccccc1)c1ccccc1N1CCOCC1. The molecule has 2 aromatic carbocycles. The summed E-state index contributed by atoms with van der Waals surface area (Å²) in [6, 6.07) is 18.9. The normalized spacial score (nSPS) is 15.1. The number of nitrogens with zero attached hydrogens (tertiary/aromatic N) is 1. The van der Waals surface area contributed by atoms with Crippen LogP contribution in [-0.4, -0.2) is 26.3 Å². The predicted octanol–water partition coefficient (Wildman–Crippen LogP) is 3.58. The van der Waals surface area contributed by atoms with Crippen molar-refractivity contribution in [2.45, 2.75) is 0 Å². The van der Waals surface area contributed by atoms with E-state index in [4.69, 9.17) is 4.74 Å². The lowest BCUT2D eigenvalue weighted by Crippen LogP contribution is -2.36. The number of hydrogen-bond donors (Lipinski definition) is 0. The van der Waals surface area contributed by atoms with Crippen molar-refractivity contribution < 1.29 is 4.74 Å². The first-order chi connectivity index (χ1) is 9.86. The van der Waals surface area contributed by atoms with Gasteiger partial charge in [0.05, 0.1) is 13.2 Å². The van der Waals surface area contributed by atoms with Crippen LogP contribution < -0.4 is 4.90 Å². The van der Waals surface area contributed by atoms with Crippen LogP contribution in [0.2, 0.25) is 0 Å². The average molecular weight is 265 g/mol. The summed E-state index contributed by atoms with van der Waals surface area (Å²) in [4.78, 5) is 2.38. The maximum atomic E-state index is 5.44. The molecule has 0 N–H and O–H groups in total. The summed E-state index contributed by atoms with van der Waals surface area (Å²) in [6.07, 6.45) is 0. The Morgan fingerprint density at radius 1 is 0.900 bits per heavy atom. The quantitative estimate of drug-likeness (QED) is 0.841. The molecule has 2 heteroatoms. The largest absolute Gasteiger partial charge is 0.378 e. The molecule has 0 unspecified atom stereocenters. The number of benzene rings is 2. The van der Waals surface area contributed by atoms with Gasteiger partial charge in [0, 0.05) is 24.3 Å². The number of para-hydroxylation sites is 1. The molecule has 1 heterocycles. The van der Waals surface area contributed by atoms with Gasteiger partial charge in [0.1, 0.15) is 0 Å². The van der Waals surface area contributed by atoms with E-state index in [1.807, 2.05) is 6.07 Å². The fraction of sp³-hybridized carbons (Fsp3) is 0.222. The lowest BCUT2D eigenvalue weighted by molar-refractivity contribution is 0.122. The number of morpholine rings is 1. The minimum Gasteiger partial charge on any atom is -0.378 e. The van der Waals surface area contributed by atoms with Gasteiger partial charge in [0.25, 0.3) is 0 Å². The van der Waals surface area contributed by atoms with E-state index in [9.17, 15) is 0 Å². The van der Waals surface area contributed by atoms with E-state index in [1.54, 1.807) is 0 Å². The predicted molar refractivity (Wildman–Crippen MR) is 84.1 cm³/mol. The number of ether oxygens (including phenoxy) is 1. The molecule has 0 atom stereocenters. The molecule has 3 rings (SSSR count). The summed E-state index contributed by atoms with van der Waals surface area (Å²) >= 11 is 0. The highest BCUT2D eigenvalue weighted by atomic mass is 16.5. The van der Waals surface area contributed by atoms with Crippen molar-refractivity contribution in [2.75, 3.05) is 31.2 Å². The van der Waals surface area contributed by atoms with Crippen molar-refractivity contribution in [3.05, 3.63) is 72.3 Å². The van der Waals surface area contributed by atoms with Gasteiger partial charge in [-0.05, 0) is 17.2 Å². The number of hydrogen-bond acceptors (Lipinski definition) is 2. The minimum absolute atomic E-state index is 0.798. The summed E-state index contributed by atoms with van der Waals surface area (Å²) < 4.78 is 5.44. The van der Waals surface area contributed by atoms with Gasteiger partial charge in [0.15, 0.2) is 0 Å². The van der Waals surface area contributed by atoms with Gasteiger partial charge >= 0.3 is 0 Å². The smallest absolute Gasteiger partial charge is 0.0642 e. The van der Waals surface area contributed by atoms with Gasteiger partial charge in [0.2, 0.25) is 0 Å². The first kappa shape index (κ1) is 12.9. The van der Waals surface area contributed by atoms with Gasteiger partial charge in [-0.3, -0.25) is 0 Å². The monoisotopic (exact) mass is 265 g/mol. The third-order valence-corrected chi connectivity index (χ3v) is 3.70. The van der Waals surface area contributed by atoms with Crippen LogP contribution in [0.1, 0.15) is 11.1 Å². The van der Waals surface area contributed by atoms with Gasteiger partial charge in [-0.1, -0.05) is 55.1 Å². The van der Waals surface area contributed by atoms with Gasteiger partial charge in [-0.15, -0.1) is 0 Å². The molecule has 1 fully saturated rings. The molecule has 0 aliphatic carbocycles. The summed E-state index contributed by atoms with van der Waals surface area (Å²) in [5.41, 5.74) is 4.71. The van der Waals surface area contributed by atoms with E-state index >= 15 is 0 Å².